The van der Waals surface area contributed by atoms with Crippen molar-refractivity contribution in [1.82, 2.24) is 0 Å². The van der Waals surface area contributed by atoms with Gasteiger partial charge in [0.25, 0.3) is 0 Å². The van der Waals surface area contributed by atoms with Crippen LogP contribution in [0.25, 0.3) is 0 Å². The van der Waals surface area contributed by atoms with Crippen LogP contribution in [0.1, 0.15) is 22.8 Å². The number of carbonyl (C=O) groups excluding carboxylic acids is 2. The number of Topliss-reactive ketones (excluding diaryl/α,β-unsaturated/α-hetero) is 1. The van der Waals surface area contributed by atoms with E-state index in [0.29, 0.717) is 22.7 Å². The van der Waals surface area contributed by atoms with Crippen molar-refractivity contribution >= 4 is 29.0 Å². The molecule has 1 amide bonds. The largest absolute Gasteiger partial charge is 0.326 e. The lowest BCUT2D eigenvalue weighted by atomic mass is 10.0. The zero-order chi connectivity index (χ0) is 14.5. The summed E-state index contributed by atoms with van der Waals surface area (Å²) in [4.78, 5) is 23.0. The summed E-state index contributed by atoms with van der Waals surface area (Å²) >= 11 is 5.89. The van der Waals surface area contributed by atoms with E-state index in [0.717, 1.165) is 5.56 Å². The van der Waals surface area contributed by atoms with Crippen LogP contribution in [-0.4, -0.2) is 11.7 Å². The Hall–Kier alpha value is -2.13. The van der Waals surface area contributed by atoms with Gasteiger partial charge in [0.05, 0.1) is 0 Å². The lowest BCUT2D eigenvalue weighted by molar-refractivity contribution is -0.114. The number of benzene rings is 2. The summed E-state index contributed by atoms with van der Waals surface area (Å²) in [7, 11) is 0. The molecule has 3 nitrogen and oxygen atoms in total. The van der Waals surface area contributed by atoms with Crippen molar-refractivity contribution in [1.29, 1.82) is 0 Å². The first kappa shape index (κ1) is 14.3. The molecular weight excluding hydrogens is 274 g/mol. The number of nitrogens with one attached hydrogen (secondary N) is 1. The van der Waals surface area contributed by atoms with Crippen LogP contribution >= 0.6 is 11.6 Å². The molecule has 4 heteroatoms. The van der Waals surface area contributed by atoms with Gasteiger partial charge < -0.3 is 5.32 Å². The molecule has 2 aromatic carbocycles. The SMILES string of the molecule is CC(=O)Nc1ccc(C(=O)Cc2cccc(Cl)c2)cc1. The minimum Gasteiger partial charge on any atom is -0.326 e. The van der Waals surface area contributed by atoms with Gasteiger partial charge in [-0.25, -0.2) is 0 Å². The fourth-order valence-electron chi connectivity index (χ4n) is 1.88. The van der Waals surface area contributed by atoms with E-state index in [9.17, 15) is 9.59 Å². The topological polar surface area (TPSA) is 46.2 Å². The molecular formula is C16H14ClNO2. The quantitative estimate of drug-likeness (QED) is 0.871. The molecule has 0 saturated heterocycles. The summed E-state index contributed by atoms with van der Waals surface area (Å²) < 4.78 is 0. The summed E-state index contributed by atoms with van der Waals surface area (Å²) in [6, 6.07) is 14.1. The van der Waals surface area contributed by atoms with Crippen molar-refractivity contribution in [3.63, 3.8) is 0 Å². The van der Waals surface area contributed by atoms with E-state index < -0.39 is 0 Å². The molecule has 0 aromatic heterocycles. The van der Waals surface area contributed by atoms with Crippen LogP contribution in [0.3, 0.4) is 0 Å². The summed E-state index contributed by atoms with van der Waals surface area (Å²) in [5.41, 5.74) is 2.17. The van der Waals surface area contributed by atoms with E-state index in [4.69, 9.17) is 11.6 Å². The van der Waals surface area contributed by atoms with Crippen molar-refractivity contribution in [3.8, 4) is 0 Å². The number of amides is 1. The average molecular weight is 288 g/mol. The van der Waals surface area contributed by atoms with Gasteiger partial charge in [0.1, 0.15) is 0 Å². The van der Waals surface area contributed by atoms with Gasteiger partial charge in [0.2, 0.25) is 5.91 Å². The van der Waals surface area contributed by atoms with E-state index in [1.807, 2.05) is 12.1 Å². The molecule has 2 aromatic rings. The summed E-state index contributed by atoms with van der Waals surface area (Å²) in [5, 5.41) is 3.28. The average Bonchev–Trinajstić information content (AvgIpc) is 2.38. The fourth-order valence-corrected chi connectivity index (χ4v) is 2.09. The Morgan fingerprint density at radius 1 is 1.10 bits per heavy atom. The highest BCUT2D eigenvalue weighted by atomic mass is 35.5. The lowest BCUT2D eigenvalue weighted by Crippen LogP contribution is -2.07. The highest BCUT2D eigenvalue weighted by molar-refractivity contribution is 6.30. The van der Waals surface area contributed by atoms with Crippen LogP contribution in [-0.2, 0) is 11.2 Å². The Balaban J connectivity index is 2.07. The normalized spacial score (nSPS) is 10.1. The van der Waals surface area contributed by atoms with Gasteiger partial charge in [0.15, 0.2) is 5.78 Å². The predicted molar refractivity (Wildman–Crippen MR) is 80.2 cm³/mol. The smallest absolute Gasteiger partial charge is 0.221 e. The van der Waals surface area contributed by atoms with Crippen molar-refractivity contribution in [3.05, 3.63) is 64.7 Å². The number of halogens is 1. The Morgan fingerprint density at radius 3 is 2.40 bits per heavy atom. The Kier molecular flexibility index (Phi) is 4.53. The maximum Gasteiger partial charge on any atom is 0.221 e. The molecule has 0 bridgehead atoms. The minimum atomic E-state index is -0.136. The van der Waals surface area contributed by atoms with Crippen molar-refractivity contribution in [2.45, 2.75) is 13.3 Å². The third-order valence-corrected chi connectivity index (χ3v) is 3.02. The first-order chi connectivity index (χ1) is 9.54. The zero-order valence-corrected chi connectivity index (χ0v) is 11.8. The molecule has 0 aliphatic rings. The highest BCUT2D eigenvalue weighted by Crippen LogP contribution is 2.15. The van der Waals surface area contributed by atoms with Gasteiger partial charge in [-0.1, -0.05) is 23.7 Å². The second-order valence-electron chi connectivity index (χ2n) is 4.49. The molecule has 0 aliphatic heterocycles. The number of hydrogen-bond donors (Lipinski definition) is 1. The van der Waals surface area contributed by atoms with Crippen LogP contribution in [0.15, 0.2) is 48.5 Å². The van der Waals surface area contributed by atoms with Crippen LogP contribution in [0, 0.1) is 0 Å². The molecule has 0 fully saturated rings. The van der Waals surface area contributed by atoms with Crippen LogP contribution in [0.2, 0.25) is 5.02 Å². The van der Waals surface area contributed by atoms with Gasteiger partial charge in [-0.2, -0.15) is 0 Å². The maximum atomic E-state index is 12.1. The standard InChI is InChI=1S/C16H14ClNO2/c1-11(19)18-15-7-5-13(6-8-15)16(20)10-12-3-2-4-14(17)9-12/h2-9H,10H2,1H3,(H,18,19). The van der Waals surface area contributed by atoms with E-state index in [1.165, 1.54) is 6.92 Å². The fraction of sp³-hybridized carbons (Fsp3) is 0.125. The van der Waals surface area contributed by atoms with Crippen LogP contribution in [0.5, 0.6) is 0 Å². The second kappa shape index (κ2) is 6.35. The molecule has 0 radical (unpaired) electrons. The van der Waals surface area contributed by atoms with Crippen molar-refractivity contribution in [2.75, 3.05) is 5.32 Å². The van der Waals surface area contributed by atoms with E-state index in [-0.39, 0.29) is 11.7 Å². The molecule has 0 heterocycles. The van der Waals surface area contributed by atoms with Gasteiger partial charge >= 0.3 is 0 Å². The van der Waals surface area contributed by atoms with Gasteiger partial charge in [-0.15, -0.1) is 0 Å². The molecule has 0 aliphatic carbocycles. The Labute approximate surface area is 122 Å². The third-order valence-electron chi connectivity index (χ3n) is 2.78. The summed E-state index contributed by atoms with van der Waals surface area (Å²) in [6.07, 6.45) is 0.306. The first-order valence-electron chi connectivity index (χ1n) is 6.20. The Bertz CT molecular complexity index is 635. The Morgan fingerprint density at radius 2 is 1.80 bits per heavy atom. The van der Waals surface area contributed by atoms with Gasteiger partial charge in [-0.05, 0) is 42.0 Å². The highest BCUT2D eigenvalue weighted by Gasteiger charge is 2.07. The molecule has 0 spiro atoms. The maximum absolute atomic E-state index is 12.1. The molecule has 0 unspecified atom stereocenters. The van der Waals surface area contributed by atoms with Gasteiger partial charge in [0, 0.05) is 29.6 Å². The van der Waals surface area contributed by atoms with Crippen LogP contribution in [0.4, 0.5) is 5.69 Å². The van der Waals surface area contributed by atoms with Crippen LogP contribution < -0.4 is 5.32 Å². The number of hydrogen-bond acceptors (Lipinski definition) is 2. The number of ketones is 1. The molecule has 1 N–H and O–H groups in total. The first-order valence-corrected chi connectivity index (χ1v) is 6.58. The van der Waals surface area contributed by atoms with E-state index in [2.05, 4.69) is 5.32 Å². The van der Waals surface area contributed by atoms with Gasteiger partial charge in [-0.3, -0.25) is 9.59 Å². The molecule has 2 rings (SSSR count). The third kappa shape index (κ3) is 3.93. The molecule has 20 heavy (non-hydrogen) atoms. The van der Waals surface area contributed by atoms with Crippen molar-refractivity contribution in [2.24, 2.45) is 0 Å². The summed E-state index contributed by atoms with van der Waals surface area (Å²) in [6.45, 7) is 1.44. The predicted octanol–water partition coefficient (Wildman–Crippen LogP) is 3.72. The molecule has 0 saturated carbocycles. The van der Waals surface area contributed by atoms with E-state index >= 15 is 0 Å². The van der Waals surface area contributed by atoms with E-state index in [1.54, 1.807) is 36.4 Å². The lowest BCUT2D eigenvalue weighted by Gasteiger charge is -2.05. The minimum absolute atomic E-state index is 0.0154. The second-order valence-corrected chi connectivity index (χ2v) is 4.92. The molecule has 0 atom stereocenters. The van der Waals surface area contributed by atoms with Crippen molar-refractivity contribution < 1.29 is 9.59 Å². The molecule has 102 valence electrons. The number of anilines is 1. The number of carbonyl (C=O) groups is 2. The monoisotopic (exact) mass is 287 g/mol. The summed E-state index contributed by atoms with van der Waals surface area (Å²) in [5.74, 6) is -0.121. The zero-order valence-electron chi connectivity index (χ0n) is 11.0. The number of rotatable bonds is 4.